The van der Waals surface area contributed by atoms with Crippen LogP contribution in [0.2, 0.25) is 0 Å². The Kier molecular flexibility index (Phi) is 9.07. The average molecular weight is 583 g/mol. The third kappa shape index (κ3) is 5.81. The van der Waals surface area contributed by atoms with Crippen molar-refractivity contribution in [1.82, 2.24) is 4.98 Å². The first-order valence-corrected chi connectivity index (χ1v) is 13.9. The Bertz CT molecular complexity index is 1530. The molecule has 9 nitrogen and oxygen atoms in total. The van der Waals surface area contributed by atoms with Crippen LogP contribution in [0.3, 0.4) is 0 Å². The Labute approximate surface area is 241 Å². The van der Waals surface area contributed by atoms with E-state index in [1.54, 1.807) is 32.0 Å². The second kappa shape index (κ2) is 12.5. The number of aryl methyl sites for hydroxylation is 2. The largest absolute Gasteiger partial charge is 0.507 e. The number of halogens is 1. The first-order valence-electron chi connectivity index (χ1n) is 13.1. The molecule has 41 heavy (non-hydrogen) atoms. The molecule has 1 aliphatic rings. The first-order chi connectivity index (χ1) is 19.6. The van der Waals surface area contributed by atoms with Crippen molar-refractivity contribution in [2.24, 2.45) is 0 Å². The molecule has 1 N–H and O–H groups in total. The van der Waals surface area contributed by atoms with Gasteiger partial charge in [0.15, 0.2) is 16.6 Å². The normalized spacial score (nSPS) is 16.2. The number of ether oxygens (including phenoxy) is 3. The number of carbonyl (C=O) groups excluding carboxylic acids is 3. The fraction of sp³-hybridized carbons (Fsp3) is 0.333. The zero-order chi connectivity index (χ0) is 29.8. The maximum atomic E-state index is 14.4. The lowest BCUT2D eigenvalue weighted by atomic mass is 9.94. The number of aromatic nitrogens is 1. The van der Waals surface area contributed by atoms with E-state index in [2.05, 4.69) is 11.9 Å². The predicted molar refractivity (Wildman–Crippen MR) is 152 cm³/mol. The number of methoxy groups -OCH3 is 2. The molecule has 1 amide bonds. The number of thiazole rings is 1. The molecule has 4 rings (SSSR count). The summed E-state index contributed by atoms with van der Waals surface area (Å²) in [6.45, 7) is 5.73. The molecule has 1 saturated heterocycles. The van der Waals surface area contributed by atoms with Gasteiger partial charge in [-0.05, 0) is 49.6 Å². The highest BCUT2D eigenvalue weighted by atomic mass is 32.1. The maximum Gasteiger partial charge on any atom is 0.350 e. The Hall–Kier alpha value is -4.25. The van der Waals surface area contributed by atoms with Crippen molar-refractivity contribution in [1.29, 1.82) is 0 Å². The van der Waals surface area contributed by atoms with Crippen LogP contribution in [0.25, 0.3) is 5.76 Å². The minimum Gasteiger partial charge on any atom is -0.507 e. The molecule has 0 saturated carbocycles. The summed E-state index contributed by atoms with van der Waals surface area (Å²) in [5.74, 6) is -2.88. The summed E-state index contributed by atoms with van der Waals surface area (Å²) in [7, 11) is 2.70. The summed E-state index contributed by atoms with van der Waals surface area (Å²) in [6, 6.07) is 7.81. The topological polar surface area (TPSA) is 115 Å². The maximum absolute atomic E-state index is 14.4. The zero-order valence-corrected chi connectivity index (χ0v) is 24.3. The summed E-state index contributed by atoms with van der Waals surface area (Å²) >= 11 is 0.883. The molecule has 2 heterocycles. The standard InChI is InChI=1S/C30H31FN2O7S/c1-6-7-8-13-40-21-12-11-18(15-22(21)38-4)24-23(25(34)19-10-9-16(2)20(31)14-19)26(35)28(36)33(24)30-32-17(3)27(41-30)29(37)39-5/h9-12,14-15,24,34H,6-8,13H2,1-5H3/t24-/m0/s1. The molecule has 1 aliphatic heterocycles. The number of ketones is 1. The number of benzene rings is 2. The van der Waals surface area contributed by atoms with Crippen LogP contribution in [-0.4, -0.2) is 48.6 Å². The van der Waals surface area contributed by atoms with E-state index in [0.717, 1.165) is 41.6 Å². The van der Waals surface area contributed by atoms with Crippen molar-refractivity contribution < 1.29 is 38.1 Å². The highest BCUT2D eigenvalue weighted by Gasteiger charge is 2.48. The lowest BCUT2D eigenvalue weighted by Gasteiger charge is -2.24. The number of unbranched alkanes of at least 4 members (excludes halogenated alkanes) is 2. The quantitative estimate of drug-likeness (QED) is 0.103. The van der Waals surface area contributed by atoms with Gasteiger partial charge in [0.25, 0.3) is 5.78 Å². The molecule has 0 bridgehead atoms. The number of carbonyl (C=O) groups is 3. The van der Waals surface area contributed by atoms with Crippen molar-refractivity contribution in [2.75, 3.05) is 25.7 Å². The van der Waals surface area contributed by atoms with Crippen LogP contribution in [0.1, 0.15) is 64.3 Å². The molecule has 1 fully saturated rings. The van der Waals surface area contributed by atoms with Gasteiger partial charge < -0.3 is 19.3 Å². The number of rotatable bonds is 10. The molecule has 2 aromatic carbocycles. The fourth-order valence-electron chi connectivity index (χ4n) is 4.52. The number of nitrogens with zero attached hydrogens (tertiary/aromatic N) is 2. The van der Waals surface area contributed by atoms with Gasteiger partial charge in [-0.2, -0.15) is 0 Å². The van der Waals surface area contributed by atoms with Crippen molar-refractivity contribution in [2.45, 2.75) is 46.1 Å². The van der Waals surface area contributed by atoms with Crippen LogP contribution >= 0.6 is 11.3 Å². The molecular weight excluding hydrogens is 551 g/mol. The summed E-state index contributed by atoms with van der Waals surface area (Å²) in [5, 5.41) is 11.4. The summed E-state index contributed by atoms with van der Waals surface area (Å²) in [4.78, 5) is 44.9. The van der Waals surface area contributed by atoms with Crippen LogP contribution < -0.4 is 14.4 Å². The van der Waals surface area contributed by atoms with E-state index in [0.29, 0.717) is 34.9 Å². The molecule has 0 radical (unpaired) electrons. The third-order valence-corrected chi connectivity index (χ3v) is 7.90. The van der Waals surface area contributed by atoms with Crippen LogP contribution in [0, 0.1) is 19.7 Å². The second-order valence-corrected chi connectivity index (χ2v) is 10.5. The summed E-state index contributed by atoms with van der Waals surface area (Å²) < 4.78 is 30.7. The van der Waals surface area contributed by atoms with Crippen LogP contribution in [-0.2, 0) is 14.3 Å². The summed E-state index contributed by atoms with van der Waals surface area (Å²) in [6.07, 6.45) is 2.91. The number of amides is 1. The third-order valence-electron chi connectivity index (χ3n) is 6.76. The number of hydrogen-bond donors (Lipinski definition) is 1. The number of anilines is 1. The minimum atomic E-state index is -1.17. The van der Waals surface area contributed by atoms with Crippen molar-refractivity contribution in [3.05, 3.63) is 75.0 Å². The van der Waals surface area contributed by atoms with Crippen molar-refractivity contribution in [3.8, 4) is 11.5 Å². The van der Waals surface area contributed by atoms with Crippen LogP contribution in [0.5, 0.6) is 11.5 Å². The Morgan fingerprint density at radius 1 is 1.10 bits per heavy atom. The van der Waals surface area contributed by atoms with E-state index in [-0.39, 0.29) is 21.1 Å². The Morgan fingerprint density at radius 2 is 1.85 bits per heavy atom. The minimum absolute atomic E-state index is 0.0320. The van der Waals surface area contributed by atoms with E-state index >= 15 is 0 Å². The van der Waals surface area contributed by atoms with Gasteiger partial charge in [-0.1, -0.05) is 49.3 Å². The van der Waals surface area contributed by atoms with Gasteiger partial charge in [0.05, 0.1) is 38.1 Å². The Balaban J connectivity index is 1.89. The zero-order valence-electron chi connectivity index (χ0n) is 23.4. The average Bonchev–Trinajstić information content (AvgIpc) is 3.47. The van der Waals surface area contributed by atoms with Crippen LogP contribution in [0.4, 0.5) is 9.52 Å². The highest BCUT2D eigenvalue weighted by molar-refractivity contribution is 7.17. The molecule has 1 aromatic heterocycles. The van der Waals surface area contributed by atoms with Gasteiger partial charge in [0, 0.05) is 5.56 Å². The van der Waals surface area contributed by atoms with Gasteiger partial charge >= 0.3 is 11.9 Å². The molecule has 3 aromatic rings. The van der Waals surface area contributed by atoms with E-state index in [4.69, 9.17) is 14.2 Å². The lowest BCUT2D eigenvalue weighted by molar-refractivity contribution is -0.132. The van der Waals surface area contributed by atoms with Crippen molar-refractivity contribution >= 4 is 39.9 Å². The molecule has 0 aliphatic carbocycles. The lowest BCUT2D eigenvalue weighted by Crippen LogP contribution is -2.29. The number of hydrogen-bond acceptors (Lipinski definition) is 9. The van der Waals surface area contributed by atoms with E-state index < -0.39 is 35.3 Å². The number of aliphatic hydroxyl groups is 1. The molecule has 1 atom stereocenters. The highest BCUT2D eigenvalue weighted by Crippen LogP contribution is 2.45. The van der Waals surface area contributed by atoms with E-state index in [1.165, 1.54) is 26.4 Å². The van der Waals surface area contributed by atoms with Gasteiger partial charge in [0.1, 0.15) is 16.5 Å². The van der Waals surface area contributed by atoms with Gasteiger partial charge in [-0.15, -0.1) is 0 Å². The summed E-state index contributed by atoms with van der Waals surface area (Å²) in [5.41, 5.74) is 0.843. The molecule has 0 unspecified atom stereocenters. The second-order valence-electron chi connectivity index (χ2n) is 9.50. The Morgan fingerprint density at radius 3 is 2.51 bits per heavy atom. The first kappa shape index (κ1) is 29.7. The number of esters is 1. The number of aliphatic hydroxyl groups excluding tert-OH is 1. The fourth-order valence-corrected chi connectivity index (χ4v) is 5.53. The molecule has 0 spiro atoms. The van der Waals surface area contributed by atoms with Gasteiger partial charge in [-0.25, -0.2) is 14.2 Å². The van der Waals surface area contributed by atoms with Gasteiger partial charge in [0.2, 0.25) is 0 Å². The molecule has 216 valence electrons. The smallest absolute Gasteiger partial charge is 0.350 e. The van der Waals surface area contributed by atoms with Crippen molar-refractivity contribution in [3.63, 3.8) is 0 Å². The van der Waals surface area contributed by atoms with Crippen LogP contribution in [0.15, 0.2) is 42.0 Å². The molecular formula is C30H31FN2O7S. The van der Waals surface area contributed by atoms with Gasteiger partial charge in [-0.3, -0.25) is 14.5 Å². The molecule has 11 heteroatoms. The monoisotopic (exact) mass is 582 g/mol. The predicted octanol–water partition coefficient (Wildman–Crippen LogP) is 5.89. The SMILES string of the molecule is CCCCCOc1ccc([C@H]2C(=C(O)c3ccc(C)c(F)c3)C(=O)C(=O)N2c2nc(C)c(C(=O)OC)s2)cc1OC. The van der Waals surface area contributed by atoms with E-state index in [1.807, 2.05) is 0 Å². The van der Waals surface area contributed by atoms with E-state index in [9.17, 15) is 23.9 Å². The number of Topliss-reactive ketones (excluding diaryl/α,β-unsaturated/α-hetero) is 1.